The zero-order valence-electron chi connectivity index (χ0n) is 20.2. The van der Waals surface area contributed by atoms with Gasteiger partial charge in [-0.2, -0.15) is 0 Å². The second-order valence-corrected chi connectivity index (χ2v) is 10.7. The molecule has 14 heteroatoms. The Morgan fingerprint density at radius 3 is 2.46 bits per heavy atom. The number of nitrogens with zero attached hydrogens (tertiary/aromatic N) is 6. The average molecular weight is 532 g/mol. The third-order valence-corrected chi connectivity index (χ3v) is 8.73. The van der Waals surface area contributed by atoms with Crippen LogP contribution in [0.4, 0.5) is 11.6 Å². The molecule has 0 aromatic carbocycles. The van der Waals surface area contributed by atoms with Gasteiger partial charge in [0.2, 0.25) is 0 Å². The molecule has 0 unspecified atom stereocenters. The highest BCUT2D eigenvalue weighted by molar-refractivity contribution is 7.26. The standard InChI is InChI=1S/C23H29N7O6S/c1-24-19-11-5-3-2-4-10(11)12-13-18(37-21(12)25-19)20(27-28-26-13)29-6-8-30(9-7-29)22-16(33)14(31)15(32)17(36-22)23(34)35/h14-17,22,31-33H,2-9H2,1H3,(H,24,25)(H,34,35)/t14-,15-,16+,17-,22+/m0/s1. The Kier molecular flexibility index (Phi) is 6.33. The van der Waals surface area contributed by atoms with Gasteiger partial charge in [-0.25, -0.2) is 9.78 Å². The number of aliphatic carboxylic acids is 1. The van der Waals surface area contributed by atoms with Crippen LogP contribution < -0.4 is 10.2 Å². The highest BCUT2D eigenvalue weighted by Gasteiger charge is 2.49. The number of carbonyl (C=O) groups is 1. The molecule has 13 nitrogen and oxygen atoms in total. The van der Waals surface area contributed by atoms with Crippen LogP contribution in [0.1, 0.15) is 24.0 Å². The second kappa shape index (κ2) is 9.53. The number of aliphatic hydroxyl groups excluding tert-OH is 3. The Hall–Kier alpha value is -2.75. The predicted molar refractivity (Wildman–Crippen MR) is 135 cm³/mol. The summed E-state index contributed by atoms with van der Waals surface area (Å²) in [6.07, 6.45) is -3.20. The van der Waals surface area contributed by atoms with E-state index in [0.29, 0.717) is 32.0 Å². The summed E-state index contributed by atoms with van der Waals surface area (Å²) in [7, 11) is 1.90. The van der Waals surface area contributed by atoms with E-state index in [2.05, 4.69) is 25.6 Å². The molecule has 2 saturated heterocycles. The number of carboxylic acids is 1. The lowest BCUT2D eigenvalue weighted by Crippen LogP contribution is -2.66. The first kappa shape index (κ1) is 24.6. The van der Waals surface area contributed by atoms with Gasteiger partial charge in [0, 0.05) is 38.6 Å². The van der Waals surface area contributed by atoms with Crippen molar-refractivity contribution in [2.45, 2.75) is 56.3 Å². The summed E-state index contributed by atoms with van der Waals surface area (Å²) in [5, 5.41) is 57.2. The summed E-state index contributed by atoms with van der Waals surface area (Å²) in [4.78, 5) is 21.1. The Balaban J connectivity index is 1.28. The van der Waals surface area contributed by atoms with Gasteiger partial charge in [-0.15, -0.1) is 21.5 Å². The first-order valence-electron chi connectivity index (χ1n) is 12.5. The molecular weight excluding hydrogens is 502 g/mol. The summed E-state index contributed by atoms with van der Waals surface area (Å²) in [6, 6.07) is 0. The molecule has 198 valence electrons. The Labute approximate surface area is 215 Å². The van der Waals surface area contributed by atoms with E-state index >= 15 is 0 Å². The molecule has 37 heavy (non-hydrogen) atoms. The minimum absolute atomic E-state index is 0.421. The van der Waals surface area contributed by atoms with E-state index in [0.717, 1.165) is 51.9 Å². The van der Waals surface area contributed by atoms with Crippen LogP contribution in [0.5, 0.6) is 0 Å². The van der Waals surface area contributed by atoms with Gasteiger partial charge in [-0.3, -0.25) is 4.90 Å². The normalized spacial score (nSPS) is 29.0. The van der Waals surface area contributed by atoms with E-state index in [1.807, 2.05) is 7.05 Å². The average Bonchev–Trinajstić information content (AvgIpc) is 3.30. The molecule has 0 radical (unpaired) electrons. The lowest BCUT2D eigenvalue weighted by atomic mass is 9.90. The number of nitrogens with one attached hydrogen (secondary N) is 1. The maximum Gasteiger partial charge on any atom is 0.335 e. The van der Waals surface area contributed by atoms with Crippen LogP contribution in [0, 0.1) is 0 Å². The number of piperazine rings is 1. The van der Waals surface area contributed by atoms with Crippen LogP contribution in [0.3, 0.4) is 0 Å². The molecule has 5 N–H and O–H groups in total. The highest BCUT2D eigenvalue weighted by Crippen LogP contribution is 2.42. The van der Waals surface area contributed by atoms with E-state index in [9.17, 15) is 25.2 Å². The number of hydrogen-bond donors (Lipinski definition) is 5. The molecule has 5 atom stereocenters. The maximum atomic E-state index is 11.5. The zero-order chi connectivity index (χ0) is 25.8. The molecule has 3 aromatic rings. The number of ether oxygens (including phenoxy) is 1. The van der Waals surface area contributed by atoms with Crippen molar-refractivity contribution in [1.29, 1.82) is 0 Å². The van der Waals surface area contributed by atoms with Crippen molar-refractivity contribution in [2.24, 2.45) is 0 Å². The quantitative estimate of drug-likeness (QED) is 0.293. The lowest BCUT2D eigenvalue weighted by molar-refractivity contribution is -0.260. The van der Waals surface area contributed by atoms with Crippen LogP contribution >= 0.6 is 11.3 Å². The first-order chi connectivity index (χ1) is 17.9. The SMILES string of the molecule is CNc1nc2sc3c(N4CCN([C@@H]5O[C@H](C(=O)O)[C@@H](O)[C@H](O)[C@H]5O)CC4)nnnc3c2c2c1CCCC2. The van der Waals surface area contributed by atoms with Crippen molar-refractivity contribution < 1.29 is 30.0 Å². The molecule has 2 fully saturated rings. The molecule has 0 spiro atoms. The third kappa shape index (κ3) is 3.99. The third-order valence-electron chi connectivity index (χ3n) is 7.66. The Morgan fingerprint density at radius 2 is 1.76 bits per heavy atom. The topological polar surface area (TPSA) is 177 Å². The van der Waals surface area contributed by atoms with E-state index in [1.54, 1.807) is 16.2 Å². The number of hydrogen-bond acceptors (Lipinski definition) is 13. The van der Waals surface area contributed by atoms with Gasteiger partial charge in [0.15, 0.2) is 11.9 Å². The number of aromatic nitrogens is 4. The number of fused-ring (bicyclic) bond motifs is 5. The predicted octanol–water partition coefficient (Wildman–Crippen LogP) is -0.431. The molecule has 0 saturated carbocycles. The van der Waals surface area contributed by atoms with Crippen LogP contribution in [0.15, 0.2) is 0 Å². The molecule has 3 aliphatic rings. The lowest BCUT2D eigenvalue weighted by Gasteiger charge is -2.46. The van der Waals surface area contributed by atoms with Crippen LogP contribution in [-0.4, -0.2) is 116 Å². The molecule has 3 aromatic heterocycles. The van der Waals surface area contributed by atoms with Crippen molar-refractivity contribution in [3.05, 3.63) is 11.1 Å². The Morgan fingerprint density at radius 1 is 1.03 bits per heavy atom. The number of aryl methyl sites for hydroxylation is 1. The van der Waals surface area contributed by atoms with Crippen LogP contribution in [0.2, 0.25) is 0 Å². The van der Waals surface area contributed by atoms with Crippen molar-refractivity contribution in [1.82, 2.24) is 25.3 Å². The summed E-state index contributed by atoms with van der Waals surface area (Å²) >= 11 is 1.56. The van der Waals surface area contributed by atoms with Crippen molar-refractivity contribution in [3.8, 4) is 0 Å². The number of pyridine rings is 1. The van der Waals surface area contributed by atoms with E-state index in [-0.39, 0.29) is 0 Å². The molecule has 0 bridgehead atoms. The summed E-state index contributed by atoms with van der Waals surface area (Å²) in [5.41, 5.74) is 3.36. The minimum atomic E-state index is -1.71. The van der Waals surface area contributed by atoms with Gasteiger partial charge >= 0.3 is 5.97 Å². The summed E-state index contributed by atoms with van der Waals surface area (Å²) in [5.74, 6) is 0.244. The number of anilines is 2. The molecule has 1 aliphatic carbocycles. The fourth-order valence-electron chi connectivity index (χ4n) is 5.74. The van der Waals surface area contributed by atoms with Gasteiger partial charge in [0.05, 0.1) is 0 Å². The van der Waals surface area contributed by atoms with E-state index in [1.165, 1.54) is 11.1 Å². The highest BCUT2D eigenvalue weighted by atomic mass is 32.1. The second-order valence-electron chi connectivity index (χ2n) is 9.73. The molecule has 6 rings (SSSR count). The maximum absolute atomic E-state index is 11.5. The van der Waals surface area contributed by atoms with Crippen molar-refractivity contribution in [2.75, 3.05) is 43.4 Å². The zero-order valence-corrected chi connectivity index (χ0v) is 21.1. The van der Waals surface area contributed by atoms with E-state index < -0.39 is 36.6 Å². The van der Waals surface area contributed by atoms with Gasteiger partial charge in [-0.1, -0.05) is 0 Å². The molecule has 5 heterocycles. The van der Waals surface area contributed by atoms with E-state index in [4.69, 9.17) is 9.72 Å². The van der Waals surface area contributed by atoms with Gasteiger partial charge in [0.25, 0.3) is 0 Å². The number of aliphatic hydroxyl groups is 3. The number of thiophene rings is 1. The van der Waals surface area contributed by atoms with Crippen molar-refractivity contribution in [3.63, 3.8) is 0 Å². The minimum Gasteiger partial charge on any atom is -0.479 e. The summed E-state index contributed by atoms with van der Waals surface area (Å²) in [6.45, 7) is 1.87. The van der Waals surface area contributed by atoms with Crippen LogP contribution in [-0.2, 0) is 22.4 Å². The summed E-state index contributed by atoms with van der Waals surface area (Å²) < 4.78 is 6.43. The largest absolute Gasteiger partial charge is 0.479 e. The smallest absolute Gasteiger partial charge is 0.335 e. The van der Waals surface area contributed by atoms with Crippen molar-refractivity contribution >= 4 is 49.4 Å². The van der Waals surface area contributed by atoms with Crippen LogP contribution in [0.25, 0.3) is 20.4 Å². The molecular formula is C23H29N7O6S. The molecule has 2 aliphatic heterocycles. The first-order valence-corrected chi connectivity index (χ1v) is 13.3. The van der Waals surface area contributed by atoms with Gasteiger partial charge in [0.1, 0.15) is 45.4 Å². The van der Waals surface area contributed by atoms with Gasteiger partial charge in [-0.05, 0) is 42.0 Å². The number of carboxylic acid groups (broad SMARTS) is 1. The fourth-order valence-corrected chi connectivity index (χ4v) is 6.90. The van der Waals surface area contributed by atoms with Gasteiger partial charge < -0.3 is 35.4 Å². The number of rotatable bonds is 4. The molecule has 0 amide bonds. The Bertz CT molecular complexity index is 1350. The fraction of sp³-hybridized carbons (Fsp3) is 0.609. The monoisotopic (exact) mass is 531 g/mol.